The highest BCUT2D eigenvalue weighted by atomic mass is 16.1. The van der Waals surface area contributed by atoms with Crippen LogP contribution in [0.15, 0.2) is 41.2 Å². The first-order valence-electron chi connectivity index (χ1n) is 6.63. The van der Waals surface area contributed by atoms with Gasteiger partial charge in [-0.25, -0.2) is 0 Å². The highest BCUT2D eigenvalue weighted by molar-refractivity contribution is 5.81. The summed E-state index contributed by atoms with van der Waals surface area (Å²) in [5.74, 6) is 0. The highest BCUT2D eigenvalue weighted by Gasteiger charge is 2.12. The van der Waals surface area contributed by atoms with E-state index in [-0.39, 0.29) is 11.1 Å². The lowest BCUT2D eigenvalue weighted by molar-refractivity contribution is 0.684. The third-order valence-corrected chi connectivity index (χ3v) is 3.66. The number of rotatable bonds is 2. The minimum Gasteiger partial charge on any atom is -0.306 e. The quantitative estimate of drug-likeness (QED) is 0.720. The van der Waals surface area contributed by atoms with Gasteiger partial charge in [0.2, 0.25) is 0 Å². The molecule has 2 heterocycles. The number of benzene rings is 1. The fourth-order valence-electron chi connectivity index (χ4n) is 2.51. The van der Waals surface area contributed by atoms with Gasteiger partial charge < -0.3 is 4.57 Å². The Bertz CT molecular complexity index is 928. The first-order valence-corrected chi connectivity index (χ1v) is 6.63. The van der Waals surface area contributed by atoms with Crippen LogP contribution in [-0.4, -0.2) is 14.3 Å². The molecule has 0 N–H and O–H groups in total. The van der Waals surface area contributed by atoms with E-state index in [2.05, 4.69) is 5.10 Å². The largest absolute Gasteiger partial charge is 0.306 e. The van der Waals surface area contributed by atoms with Gasteiger partial charge in [0.25, 0.3) is 5.56 Å². The monoisotopic (exact) mass is 278 g/mol. The SMILES string of the molecule is Cc1ccc(C#N)c(=O)n1Cc1nn(C)c2ccccc12. The molecule has 0 spiro atoms. The van der Waals surface area contributed by atoms with Crippen molar-refractivity contribution in [2.45, 2.75) is 13.5 Å². The van der Waals surface area contributed by atoms with Gasteiger partial charge in [0.1, 0.15) is 11.6 Å². The maximum absolute atomic E-state index is 12.3. The zero-order valence-corrected chi connectivity index (χ0v) is 11.9. The molecule has 3 aromatic rings. The molecule has 0 fully saturated rings. The van der Waals surface area contributed by atoms with Crippen molar-refractivity contribution in [3.05, 3.63) is 63.7 Å². The first kappa shape index (κ1) is 13.1. The molecule has 0 aliphatic rings. The number of nitrogens with zero attached hydrogens (tertiary/aromatic N) is 4. The average molecular weight is 278 g/mol. The van der Waals surface area contributed by atoms with Crippen molar-refractivity contribution in [3.8, 4) is 6.07 Å². The van der Waals surface area contributed by atoms with E-state index in [1.54, 1.807) is 21.4 Å². The molecule has 0 saturated carbocycles. The lowest BCUT2D eigenvalue weighted by Crippen LogP contribution is -2.25. The van der Waals surface area contributed by atoms with Crippen molar-refractivity contribution in [1.29, 1.82) is 5.26 Å². The van der Waals surface area contributed by atoms with Crippen LogP contribution < -0.4 is 5.56 Å². The number of pyridine rings is 1. The maximum Gasteiger partial charge on any atom is 0.269 e. The molecule has 0 aliphatic heterocycles. The van der Waals surface area contributed by atoms with E-state index in [0.717, 1.165) is 22.3 Å². The molecular formula is C16H14N4O. The predicted octanol–water partition coefficient (Wildman–Crippen LogP) is 1.96. The number of para-hydroxylation sites is 1. The molecular weight excluding hydrogens is 264 g/mol. The van der Waals surface area contributed by atoms with E-state index in [1.165, 1.54) is 0 Å². The Morgan fingerprint density at radius 2 is 2.00 bits per heavy atom. The molecule has 5 nitrogen and oxygen atoms in total. The molecule has 0 bridgehead atoms. The average Bonchev–Trinajstić information content (AvgIpc) is 2.81. The summed E-state index contributed by atoms with van der Waals surface area (Å²) in [5.41, 5.74) is 2.55. The first-order chi connectivity index (χ1) is 10.1. The second kappa shape index (κ2) is 4.91. The number of aromatic nitrogens is 3. The van der Waals surface area contributed by atoms with Crippen LogP contribution in [0.4, 0.5) is 0 Å². The van der Waals surface area contributed by atoms with Crippen LogP contribution in [0.1, 0.15) is 17.0 Å². The number of fused-ring (bicyclic) bond motifs is 1. The molecule has 0 atom stereocenters. The van der Waals surface area contributed by atoms with Crippen molar-refractivity contribution in [2.75, 3.05) is 0 Å². The van der Waals surface area contributed by atoms with Gasteiger partial charge in [-0.3, -0.25) is 9.48 Å². The second-order valence-electron chi connectivity index (χ2n) is 4.98. The van der Waals surface area contributed by atoms with Crippen LogP contribution in [0, 0.1) is 18.3 Å². The summed E-state index contributed by atoms with van der Waals surface area (Å²) >= 11 is 0. The minimum atomic E-state index is -0.271. The summed E-state index contributed by atoms with van der Waals surface area (Å²) in [6.45, 7) is 2.22. The van der Waals surface area contributed by atoms with Gasteiger partial charge in [0.15, 0.2) is 0 Å². The Balaban J connectivity index is 2.16. The third-order valence-electron chi connectivity index (χ3n) is 3.66. The van der Waals surface area contributed by atoms with E-state index in [0.29, 0.717) is 6.54 Å². The number of aryl methyl sites for hydroxylation is 2. The molecule has 3 rings (SSSR count). The molecule has 0 radical (unpaired) electrons. The molecule has 0 aliphatic carbocycles. The molecule has 1 aromatic carbocycles. The van der Waals surface area contributed by atoms with Crippen LogP contribution in [0.5, 0.6) is 0 Å². The summed E-state index contributed by atoms with van der Waals surface area (Å²) in [6.07, 6.45) is 0. The Morgan fingerprint density at radius 1 is 1.24 bits per heavy atom. The topological polar surface area (TPSA) is 63.6 Å². The van der Waals surface area contributed by atoms with Crippen molar-refractivity contribution in [3.63, 3.8) is 0 Å². The Labute approximate surface area is 121 Å². The summed E-state index contributed by atoms with van der Waals surface area (Å²) in [7, 11) is 1.88. The molecule has 0 saturated heterocycles. The van der Waals surface area contributed by atoms with Crippen LogP contribution in [0.2, 0.25) is 0 Å². The van der Waals surface area contributed by atoms with Gasteiger partial charge in [-0.1, -0.05) is 18.2 Å². The van der Waals surface area contributed by atoms with Crippen molar-refractivity contribution in [2.24, 2.45) is 7.05 Å². The van der Waals surface area contributed by atoms with Crippen LogP contribution in [-0.2, 0) is 13.6 Å². The smallest absolute Gasteiger partial charge is 0.269 e. The standard InChI is InChI=1S/C16H14N4O/c1-11-7-8-12(9-17)16(21)20(11)10-14-13-5-3-4-6-15(13)19(2)18-14/h3-8H,10H2,1-2H3. The zero-order chi connectivity index (χ0) is 15.0. The minimum absolute atomic E-state index is 0.154. The van der Waals surface area contributed by atoms with E-state index in [9.17, 15) is 4.79 Å². The van der Waals surface area contributed by atoms with Gasteiger partial charge in [-0.15, -0.1) is 0 Å². The van der Waals surface area contributed by atoms with E-state index in [1.807, 2.05) is 44.3 Å². The normalized spacial score (nSPS) is 10.7. The lowest BCUT2D eigenvalue weighted by atomic mass is 10.2. The van der Waals surface area contributed by atoms with Gasteiger partial charge >= 0.3 is 0 Å². The van der Waals surface area contributed by atoms with Crippen LogP contribution in [0.25, 0.3) is 10.9 Å². The molecule has 5 heteroatoms. The molecule has 2 aromatic heterocycles. The lowest BCUT2D eigenvalue weighted by Gasteiger charge is -2.08. The van der Waals surface area contributed by atoms with Crippen LogP contribution in [0.3, 0.4) is 0 Å². The number of nitriles is 1. The van der Waals surface area contributed by atoms with Crippen molar-refractivity contribution in [1.82, 2.24) is 14.3 Å². The van der Waals surface area contributed by atoms with E-state index >= 15 is 0 Å². The second-order valence-corrected chi connectivity index (χ2v) is 4.98. The van der Waals surface area contributed by atoms with Gasteiger partial charge in [-0.05, 0) is 25.1 Å². The van der Waals surface area contributed by atoms with Gasteiger partial charge in [0, 0.05) is 18.1 Å². The molecule has 104 valence electrons. The number of hydrogen-bond donors (Lipinski definition) is 0. The van der Waals surface area contributed by atoms with E-state index in [4.69, 9.17) is 5.26 Å². The Kier molecular flexibility index (Phi) is 3.07. The summed E-state index contributed by atoms with van der Waals surface area (Å²) in [5, 5.41) is 14.5. The maximum atomic E-state index is 12.3. The van der Waals surface area contributed by atoms with Crippen LogP contribution >= 0.6 is 0 Å². The van der Waals surface area contributed by atoms with E-state index < -0.39 is 0 Å². The Morgan fingerprint density at radius 3 is 2.76 bits per heavy atom. The number of hydrogen-bond acceptors (Lipinski definition) is 3. The van der Waals surface area contributed by atoms with Gasteiger partial charge in [-0.2, -0.15) is 10.4 Å². The summed E-state index contributed by atoms with van der Waals surface area (Å²) < 4.78 is 3.40. The van der Waals surface area contributed by atoms with Crippen molar-refractivity contribution < 1.29 is 0 Å². The fraction of sp³-hybridized carbons (Fsp3) is 0.188. The van der Waals surface area contributed by atoms with Gasteiger partial charge in [0.05, 0.1) is 17.8 Å². The molecule has 0 unspecified atom stereocenters. The molecule has 0 amide bonds. The predicted molar refractivity (Wildman–Crippen MR) is 80.0 cm³/mol. The summed E-state index contributed by atoms with van der Waals surface area (Å²) in [4.78, 5) is 12.3. The van der Waals surface area contributed by atoms with Crippen molar-refractivity contribution >= 4 is 10.9 Å². The summed E-state index contributed by atoms with van der Waals surface area (Å²) in [6, 6.07) is 13.2. The zero-order valence-electron chi connectivity index (χ0n) is 11.9. The fourth-order valence-corrected chi connectivity index (χ4v) is 2.51. The Hall–Kier alpha value is -2.87. The molecule has 21 heavy (non-hydrogen) atoms. The highest BCUT2D eigenvalue weighted by Crippen LogP contribution is 2.18. The third kappa shape index (κ3) is 2.11.